The summed E-state index contributed by atoms with van der Waals surface area (Å²) in [4.78, 5) is 16.3. The first-order valence-corrected chi connectivity index (χ1v) is 9.93. The predicted octanol–water partition coefficient (Wildman–Crippen LogP) is 1.60. The minimum atomic E-state index is -3.21. The number of ether oxygens (including phenoxy) is 1. The maximum Gasteiger partial charge on any atom is 0.226 e. The number of benzene rings is 1. The van der Waals surface area contributed by atoms with Gasteiger partial charge in [0.15, 0.2) is 15.0 Å². The molecule has 0 aliphatic heterocycles. The van der Waals surface area contributed by atoms with Gasteiger partial charge in [-0.1, -0.05) is 0 Å². The van der Waals surface area contributed by atoms with Crippen LogP contribution in [0.15, 0.2) is 34.5 Å². The van der Waals surface area contributed by atoms with Gasteiger partial charge in [-0.25, -0.2) is 13.4 Å². The Morgan fingerprint density at radius 3 is 2.62 bits per heavy atom. The van der Waals surface area contributed by atoms with Crippen molar-refractivity contribution in [3.8, 4) is 0 Å². The molecule has 130 valence electrons. The molecule has 2 aromatic rings. The Kier molecular flexibility index (Phi) is 6.29. The third-order valence-electron chi connectivity index (χ3n) is 3.06. The zero-order chi connectivity index (χ0) is 17.6. The number of amides is 1. The summed E-state index contributed by atoms with van der Waals surface area (Å²) >= 11 is 1.38. The molecule has 0 bridgehead atoms. The highest BCUT2D eigenvalue weighted by molar-refractivity contribution is 7.90. The van der Waals surface area contributed by atoms with Crippen LogP contribution in [0.5, 0.6) is 0 Å². The van der Waals surface area contributed by atoms with Crippen molar-refractivity contribution in [3.63, 3.8) is 0 Å². The average molecular weight is 369 g/mol. The fourth-order valence-electron chi connectivity index (χ4n) is 1.87. The highest BCUT2D eigenvalue weighted by Crippen LogP contribution is 2.22. The monoisotopic (exact) mass is 369 g/mol. The van der Waals surface area contributed by atoms with Crippen molar-refractivity contribution in [2.24, 2.45) is 0 Å². The number of hydrogen-bond acceptors (Lipinski definition) is 7. The molecule has 0 aliphatic rings. The van der Waals surface area contributed by atoms with Crippen molar-refractivity contribution in [1.29, 1.82) is 0 Å². The number of nitrogens with one attached hydrogen (secondary N) is 2. The Morgan fingerprint density at radius 2 is 2.00 bits per heavy atom. The van der Waals surface area contributed by atoms with Crippen molar-refractivity contribution >= 4 is 37.9 Å². The largest absolute Gasteiger partial charge is 0.383 e. The quantitative estimate of drug-likeness (QED) is 0.686. The van der Waals surface area contributed by atoms with E-state index >= 15 is 0 Å². The summed E-state index contributed by atoms with van der Waals surface area (Å²) in [5.41, 5.74) is 1.40. The van der Waals surface area contributed by atoms with E-state index in [9.17, 15) is 13.2 Å². The van der Waals surface area contributed by atoms with Gasteiger partial charge in [0.05, 0.1) is 23.6 Å². The molecule has 1 amide bonds. The molecule has 24 heavy (non-hydrogen) atoms. The van der Waals surface area contributed by atoms with Gasteiger partial charge in [-0.05, 0) is 24.3 Å². The SMILES string of the molecule is COCCNC(=O)Cc1csc(Nc2ccc(S(C)(=O)=O)cc2)n1. The van der Waals surface area contributed by atoms with Crippen molar-refractivity contribution in [1.82, 2.24) is 10.3 Å². The third kappa shape index (κ3) is 5.59. The first-order chi connectivity index (χ1) is 11.4. The molecule has 0 unspecified atom stereocenters. The minimum Gasteiger partial charge on any atom is -0.383 e. The number of anilines is 2. The molecular weight excluding hydrogens is 350 g/mol. The molecule has 0 spiro atoms. The fraction of sp³-hybridized carbons (Fsp3) is 0.333. The van der Waals surface area contributed by atoms with Crippen molar-refractivity contribution in [2.75, 3.05) is 31.8 Å². The highest BCUT2D eigenvalue weighted by atomic mass is 32.2. The van der Waals surface area contributed by atoms with Gasteiger partial charge in [-0.3, -0.25) is 4.79 Å². The average Bonchev–Trinajstić information content (AvgIpc) is 2.94. The Bertz CT molecular complexity index is 785. The fourth-order valence-corrected chi connectivity index (χ4v) is 3.23. The van der Waals surface area contributed by atoms with Crippen LogP contribution in [-0.2, 0) is 25.8 Å². The van der Waals surface area contributed by atoms with E-state index in [-0.39, 0.29) is 17.2 Å². The van der Waals surface area contributed by atoms with Crippen LogP contribution in [0.2, 0.25) is 0 Å². The van der Waals surface area contributed by atoms with E-state index in [0.29, 0.717) is 24.0 Å². The van der Waals surface area contributed by atoms with E-state index in [1.54, 1.807) is 19.2 Å². The number of rotatable bonds is 8. The van der Waals surface area contributed by atoms with Gasteiger partial charge >= 0.3 is 0 Å². The number of nitrogens with zero attached hydrogens (tertiary/aromatic N) is 1. The molecule has 0 saturated carbocycles. The summed E-state index contributed by atoms with van der Waals surface area (Å²) in [6.07, 6.45) is 1.37. The smallest absolute Gasteiger partial charge is 0.226 e. The van der Waals surface area contributed by atoms with Gasteiger partial charge < -0.3 is 15.4 Å². The van der Waals surface area contributed by atoms with Crippen LogP contribution in [-0.4, -0.2) is 45.8 Å². The van der Waals surface area contributed by atoms with Gasteiger partial charge in [-0.15, -0.1) is 11.3 Å². The molecule has 0 atom stereocenters. The Hall–Kier alpha value is -1.97. The standard InChI is InChI=1S/C15H19N3O4S2/c1-22-8-7-16-14(19)9-12-10-23-15(18-12)17-11-3-5-13(6-4-11)24(2,20)21/h3-6,10H,7-9H2,1-2H3,(H,16,19)(H,17,18). The van der Waals surface area contributed by atoms with Gasteiger partial charge in [0.25, 0.3) is 0 Å². The molecule has 2 rings (SSSR count). The van der Waals surface area contributed by atoms with Crippen molar-refractivity contribution < 1.29 is 17.9 Å². The van der Waals surface area contributed by atoms with Crippen LogP contribution in [0.1, 0.15) is 5.69 Å². The molecular formula is C15H19N3O4S2. The highest BCUT2D eigenvalue weighted by Gasteiger charge is 2.09. The lowest BCUT2D eigenvalue weighted by Gasteiger charge is -2.04. The number of methoxy groups -OCH3 is 1. The normalized spacial score (nSPS) is 11.2. The summed E-state index contributed by atoms with van der Waals surface area (Å²) < 4.78 is 27.7. The van der Waals surface area contributed by atoms with E-state index in [2.05, 4.69) is 15.6 Å². The minimum absolute atomic E-state index is 0.110. The Morgan fingerprint density at radius 1 is 1.29 bits per heavy atom. The van der Waals surface area contributed by atoms with Gasteiger partial charge in [0.1, 0.15) is 0 Å². The number of thiazole rings is 1. The summed E-state index contributed by atoms with van der Waals surface area (Å²) in [6.45, 7) is 0.941. The number of carbonyl (C=O) groups excluding carboxylic acids is 1. The summed E-state index contributed by atoms with van der Waals surface area (Å²) in [7, 11) is -1.63. The van der Waals surface area contributed by atoms with E-state index < -0.39 is 9.84 Å². The van der Waals surface area contributed by atoms with Crippen molar-refractivity contribution in [3.05, 3.63) is 35.3 Å². The number of aromatic nitrogens is 1. The molecule has 0 fully saturated rings. The summed E-state index contributed by atoms with van der Waals surface area (Å²) in [6, 6.07) is 6.43. The van der Waals surface area contributed by atoms with Crippen LogP contribution < -0.4 is 10.6 Å². The van der Waals surface area contributed by atoms with Gasteiger partial charge in [0, 0.05) is 31.0 Å². The molecule has 1 heterocycles. The molecule has 1 aromatic heterocycles. The number of carbonyl (C=O) groups is 1. The molecule has 1 aromatic carbocycles. The number of hydrogen-bond donors (Lipinski definition) is 2. The van der Waals surface area contributed by atoms with Gasteiger partial charge in [-0.2, -0.15) is 0 Å². The predicted molar refractivity (Wildman–Crippen MR) is 93.5 cm³/mol. The van der Waals surface area contributed by atoms with Crippen molar-refractivity contribution in [2.45, 2.75) is 11.3 Å². The Labute approximate surface area is 145 Å². The molecule has 0 radical (unpaired) electrons. The molecule has 7 nitrogen and oxygen atoms in total. The first-order valence-electron chi connectivity index (χ1n) is 7.15. The van der Waals surface area contributed by atoms with Crippen LogP contribution in [0.4, 0.5) is 10.8 Å². The lowest BCUT2D eigenvalue weighted by atomic mass is 10.3. The van der Waals surface area contributed by atoms with E-state index in [1.165, 1.54) is 29.7 Å². The second-order valence-electron chi connectivity index (χ2n) is 5.09. The molecule has 0 aliphatic carbocycles. The summed E-state index contributed by atoms with van der Waals surface area (Å²) in [5, 5.41) is 8.27. The zero-order valence-corrected chi connectivity index (χ0v) is 15.0. The maximum atomic E-state index is 11.7. The third-order valence-corrected chi connectivity index (χ3v) is 4.99. The zero-order valence-electron chi connectivity index (χ0n) is 13.4. The van der Waals surface area contributed by atoms with Gasteiger partial charge in [0.2, 0.25) is 5.91 Å². The van der Waals surface area contributed by atoms with E-state index in [0.717, 1.165) is 5.69 Å². The molecule has 2 N–H and O–H groups in total. The molecule has 0 saturated heterocycles. The van der Waals surface area contributed by atoms with Crippen LogP contribution in [0, 0.1) is 0 Å². The van der Waals surface area contributed by atoms with Crippen LogP contribution in [0.3, 0.4) is 0 Å². The van der Waals surface area contributed by atoms with Crippen LogP contribution in [0.25, 0.3) is 0 Å². The van der Waals surface area contributed by atoms with Crippen LogP contribution >= 0.6 is 11.3 Å². The first kappa shape index (κ1) is 18.4. The second-order valence-corrected chi connectivity index (χ2v) is 7.96. The summed E-state index contributed by atoms with van der Waals surface area (Å²) in [5.74, 6) is -0.110. The lowest BCUT2D eigenvalue weighted by molar-refractivity contribution is -0.120. The van der Waals surface area contributed by atoms with E-state index in [4.69, 9.17) is 4.74 Å². The second kappa shape index (κ2) is 8.22. The van der Waals surface area contributed by atoms with E-state index in [1.807, 2.05) is 5.38 Å². The topological polar surface area (TPSA) is 97.4 Å². The molecule has 9 heteroatoms. The maximum absolute atomic E-state index is 11.7. The lowest BCUT2D eigenvalue weighted by Crippen LogP contribution is -2.28. The Balaban J connectivity index is 1.92. The number of sulfone groups is 1.